The highest BCUT2D eigenvalue weighted by Crippen LogP contribution is 2.31. The van der Waals surface area contributed by atoms with Crippen molar-refractivity contribution in [3.63, 3.8) is 0 Å². The number of halogens is 1. The number of benzene rings is 1. The second-order valence-electron chi connectivity index (χ2n) is 6.38. The molecule has 24 heavy (non-hydrogen) atoms. The normalized spacial score (nSPS) is 14.3. The molecule has 6 nitrogen and oxygen atoms in total. The molecule has 0 fully saturated rings. The van der Waals surface area contributed by atoms with E-state index in [-0.39, 0.29) is 20.9 Å². The summed E-state index contributed by atoms with van der Waals surface area (Å²) in [6.07, 6.45) is 0.899. The molecule has 0 aliphatic rings. The number of allylic oxidation sites excluding steroid dienone is 1. The zero-order valence-corrected chi connectivity index (χ0v) is 15.2. The van der Waals surface area contributed by atoms with Gasteiger partial charge in [0.05, 0.1) is 17.4 Å². The lowest BCUT2D eigenvalue weighted by Crippen LogP contribution is -2.38. The van der Waals surface area contributed by atoms with Gasteiger partial charge in [-0.15, -0.1) is 0 Å². The van der Waals surface area contributed by atoms with Crippen molar-refractivity contribution in [2.24, 2.45) is 11.1 Å². The van der Waals surface area contributed by atoms with Crippen LogP contribution in [0.5, 0.6) is 0 Å². The Bertz CT molecular complexity index is 778. The Kier molecular flexibility index (Phi) is 6.32. The third-order valence-electron chi connectivity index (χ3n) is 2.96. The molecule has 0 aromatic heterocycles. The summed E-state index contributed by atoms with van der Waals surface area (Å²) in [4.78, 5) is 22.5. The quantitative estimate of drug-likeness (QED) is 0.819. The first-order chi connectivity index (χ1) is 10.9. The summed E-state index contributed by atoms with van der Waals surface area (Å²) >= 11 is 6.23. The SMILES string of the molecule is CC(C)(C)C=C(Cl)c1ccccc1S(=O)(=O)C(=O)[C@@H](N)CC(=O)O. The smallest absolute Gasteiger partial charge is 0.305 e. The van der Waals surface area contributed by atoms with Crippen molar-refractivity contribution in [1.29, 1.82) is 0 Å². The van der Waals surface area contributed by atoms with Gasteiger partial charge in [0.15, 0.2) is 0 Å². The maximum atomic E-state index is 12.5. The topological polar surface area (TPSA) is 115 Å². The summed E-state index contributed by atoms with van der Waals surface area (Å²) in [5, 5.41) is 7.51. The zero-order valence-electron chi connectivity index (χ0n) is 13.6. The number of carbonyl (C=O) groups is 2. The van der Waals surface area contributed by atoms with E-state index in [0.717, 1.165) is 0 Å². The fourth-order valence-corrected chi connectivity index (χ4v) is 3.91. The number of sulfone groups is 1. The van der Waals surface area contributed by atoms with Crippen LogP contribution in [-0.4, -0.2) is 30.7 Å². The summed E-state index contributed by atoms with van der Waals surface area (Å²) in [6.45, 7) is 5.67. The average Bonchev–Trinajstić information content (AvgIpc) is 2.43. The number of aliphatic carboxylic acids is 1. The van der Waals surface area contributed by atoms with Gasteiger partial charge in [-0.2, -0.15) is 0 Å². The van der Waals surface area contributed by atoms with Crippen LogP contribution in [0, 0.1) is 5.41 Å². The maximum Gasteiger partial charge on any atom is 0.305 e. The summed E-state index contributed by atoms with van der Waals surface area (Å²) in [6, 6.07) is 4.12. The fraction of sp³-hybridized carbons (Fsp3) is 0.375. The molecule has 0 amide bonds. The van der Waals surface area contributed by atoms with Gasteiger partial charge in [-0.05, 0) is 11.5 Å². The molecule has 1 aromatic rings. The lowest BCUT2D eigenvalue weighted by atomic mass is 9.95. The second kappa shape index (κ2) is 7.46. The van der Waals surface area contributed by atoms with Crippen molar-refractivity contribution in [2.75, 3.05) is 0 Å². The molecule has 0 saturated heterocycles. The van der Waals surface area contributed by atoms with Gasteiger partial charge >= 0.3 is 5.97 Å². The summed E-state index contributed by atoms with van der Waals surface area (Å²) in [5.74, 6) is -1.36. The molecule has 0 aliphatic carbocycles. The molecular formula is C16H20ClNO5S. The molecule has 1 aromatic carbocycles. The number of carboxylic acids is 1. The predicted molar refractivity (Wildman–Crippen MR) is 92.1 cm³/mol. The Hall–Kier alpha value is -1.70. The van der Waals surface area contributed by atoms with E-state index in [9.17, 15) is 18.0 Å². The molecule has 0 spiro atoms. The van der Waals surface area contributed by atoms with E-state index in [1.54, 1.807) is 12.1 Å². The van der Waals surface area contributed by atoms with Crippen LogP contribution in [0.15, 0.2) is 35.2 Å². The minimum Gasteiger partial charge on any atom is -0.481 e. The van der Waals surface area contributed by atoms with Gasteiger partial charge in [-0.1, -0.05) is 56.6 Å². The van der Waals surface area contributed by atoms with Gasteiger partial charge < -0.3 is 10.8 Å². The van der Waals surface area contributed by atoms with Gasteiger partial charge in [0.1, 0.15) is 0 Å². The molecule has 1 rings (SSSR count). The Morgan fingerprint density at radius 3 is 2.33 bits per heavy atom. The van der Waals surface area contributed by atoms with Crippen molar-refractivity contribution in [1.82, 2.24) is 0 Å². The van der Waals surface area contributed by atoms with E-state index >= 15 is 0 Å². The van der Waals surface area contributed by atoms with Gasteiger partial charge in [-0.25, -0.2) is 8.42 Å². The molecule has 0 unspecified atom stereocenters. The van der Waals surface area contributed by atoms with E-state index in [4.69, 9.17) is 22.4 Å². The number of nitrogens with two attached hydrogens (primary N) is 1. The molecule has 0 radical (unpaired) electrons. The van der Waals surface area contributed by atoms with E-state index < -0.39 is 33.4 Å². The Morgan fingerprint density at radius 1 is 1.29 bits per heavy atom. The number of carbonyl (C=O) groups excluding carboxylic acids is 1. The zero-order chi connectivity index (χ0) is 18.7. The third kappa shape index (κ3) is 5.15. The molecule has 1 atom stereocenters. The highest BCUT2D eigenvalue weighted by molar-refractivity contribution is 8.06. The molecule has 132 valence electrons. The molecule has 3 N–H and O–H groups in total. The second-order valence-corrected chi connectivity index (χ2v) is 8.64. The fourth-order valence-electron chi connectivity index (χ4n) is 1.94. The number of hydrogen-bond donors (Lipinski definition) is 2. The highest BCUT2D eigenvalue weighted by atomic mass is 35.5. The van der Waals surface area contributed by atoms with Crippen molar-refractivity contribution in [3.05, 3.63) is 35.9 Å². The van der Waals surface area contributed by atoms with Crippen LogP contribution in [0.1, 0.15) is 32.8 Å². The largest absolute Gasteiger partial charge is 0.481 e. The minimum absolute atomic E-state index is 0.171. The lowest BCUT2D eigenvalue weighted by Gasteiger charge is -2.16. The first-order valence-electron chi connectivity index (χ1n) is 7.10. The standard InChI is InChI=1S/C16H20ClNO5S/c1-16(2,3)9-11(17)10-6-4-5-7-13(10)24(22,23)15(21)12(18)8-14(19)20/h4-7,9,12H,8,18H2,1-3H3,(H,19,20)/t12-/m0/s1. The highest BCUT2D eigenvalue weighted by Gasteiger charge is 2.33. The van der Waals surface area contributed by atoms with Crippen LogP contribution < -0.4 is 5.73 Å². The monoisotopic (exact) mass is 373 g/mol. The van der Waals surface area contributed by atoms with E-state index in [1.165, 1.54) is 18.2 Å². The van der Waals surface area contributed by atoms with E-state index in [2.05, 4.69) is 0 Å². The molecule has 0 bridgehead atoms. The van der Waals surface area contributed by atoms with Crippen molar-refractivity contribution in [2.45, 2.75) is 38.1 Å². The number of hydrogen-bond acceptors (Lipinski definition) is 5. The molecule has 0 heterocycles. The van der Waals surface area contributed by atoms with Crippen molar-refractivity contribution >= 4 is 37.6 Å². The van der Waals surface area contributed by atoms with Gasteiger partial charge in [0.25, 0.3) is 5.12 Å². The first kappa shape index (κ1) is 20.3. The van der Waals surface area contributed by atoms with Crippen LogP contribution in [0.2, 0.25) is 0 Å². The average molecular weight is 374 g/mol. The molecule has 0 saturated carbocycles. The Labute approximate surface area is 146 Å². The lowest BCUT2D eigenvalue weighted by molar-refractivity contribution is -0.138. The summed E-state index contributed by atoms with van der Waals surface area (Å²) in [7, 11) is -4.47. The third-order valence-corrected chi connectivity index (χ3v) is 5.04. The Morgan fingerprint density at radius 2 is 1.83 bits per heavy atom. The van der Waals surface area contributed by atoms with Crippen LogP contribution >= 0.6 is 11.6 Å². The maximum absolute atomic E-state index is 12.5. The first-order valence-corrected chi connectivity index (χ1v) is 8.96. The van der Waals surface area contributed by atoms with Crippen LogP contribution in [-0.2, 0) is 19.4 Å². The predicted octanol–water partition coefficient (Wildman–Crippen LogP) is 2.41. The minimum atomic E-state index is -4.47. The van der Waals surface area contributed by atoms with E-state index in [0.29, 0.717) is 0 Å². The van der Waals surface area contributed by atoms with Crippen molar-refractivity contribution < 1.29 is 23.1 Å². The van der Waals surface area contributed by atoms with Gasteiger partial charge in [-0.3, -0.25) is 9.59 Å². The van der Waals surface area contributed by atoms with Gasteiger partial charge in [0.2, 0.25) is 9.84 Å². The number of rotatable bonds is 5. The number of carboxylic acid groups (broad SMARTS) is 1. The van der Waals surface area contributed by atoms with Crippen molar-refractivity contribution in [3.8, 4) is 0 Å². The summed E-state index contributed by atoms with van der Waals surface area (Å²) in [5.41, 5.74) is 5.28. The van der Waals surface area contributed by atoms with Gasteiger partial charge in [0, 0.05) is 10.6 Å². The molecular weight excluding hydrogens is 354 g/mol. The van der Waals surface area contributed by atoms with Crippen LogP contribution in [0.4, 0.5) is 0 Å². The van der Waals surface area contributed by atoms with Crippen LogP contribution in [0.25, 0.3) is 5.03 Å². The van der Waals surface area contributed by atoms with Crippen LogP contribution in [0.3, 0.4) is 0 Å². The van der Waals surface area contributed by atoms with E-state index in [1.807, 2.05) is 20.8 Å². The Balaban J connectivity index is 3.40. The summed E-state index contributed by atoms with van der Waals surface area (Å²) < 4.78 is 25.1. The molecule has 0 aliphatic heterocycles. The molecule has 8 heteroatoms.